The highest BCUT2D eigenvalue weighted by molar-refractivity contribution is 6.30. The molecule has 0 aliphatic rings. The van der Waals surface area contributed by atoms with E-state index >= 15 is 0 Å². The molecule has 0 unspecified atom stereocenters. The number of aromatic nitrogens is 2. The highest BCUT2D eigenvalue weighted by atomic mass is 35.5. The Kier molecular flexibility index (Phi) is 3.91. The first-order valence-corrected chi connectivity index (χ1v) is 5.69. The van der Waals surface area contributed by atoms with Crippen LogP contribution in [0.25, 0.3) is 0 Å². The van der Waals surface area contributed by atoms with Crippen LogP contribution in [0.3, 0.4) is 0 Å². The fourth-order valence-corrected chi connectivity index (χ4v) is 1.59. The van der Waals surface area contributed by atoms with Crippen molar-refractivity contribution in [2.24, 2.45) is 0 Å². The van der Waals surface area contributed by atoms with Crippen LogP contribution in [0.15, 0.2) is 30.3 Å². The summed E-state index contributed by atoms with van der Waals surface area (Å²) < 4.78 is 13.0. The highest BCUT2D eigenvalue weighted by Gasteiger charge is 2.05. The molecule has 0 saturated carbocycles. The number of hydrogen-bond donors (Lipinski definition) is 2. The summed E-state index contributed by atoms with van der Waals surface area (Å²) in [5.41, 5.74) is 0.644. The van der Waals surface area contributed by atoms with E-state index in [1.807, 2.05) is 0 Å². The first-order valence-electron chi connectivity index (χ1n) is 5.31. The molecule has 0 atom stereocenters. The SMILES string of the molecule is O=C(O)c1ccc(NCc2ccc(F)c(Cl)c2)nn1. The number of nitrogens with one attached hydrogen (secondary N) is 1. The Balaban J connectivity index is 2.01. The molecule has 1 aromatic carbocycles. The summed E-state index contributed by atoms with van der Waals surface area (Å²) in [4.78, 5) is 10.6. The molecular formula is C12H9ClFN3O2. The molecule has 0 radical (unpaired) electrons. The Morgan fingerprint density at radius 1 is 1.32 bits per heavy atom. The summed E-state index contributed by atoms with van der Waals surface area (Å²) in [6.07, 6.45) is 0. The minimum atomic E-state index is -1.13. The van der Waals surface area contributed by atoms with Crippen LogP contribution in [0.5, 0.6) is 0 Å². The molecule has 0 aliphatic heterocycles. The van der Waals surface area contributed by atoms with Gasteiger partial charge < -0.3 is 10.4 Å². The molecule has 98 valence electrons. The smallest absolute Gasteiger partial charge is 0.356 e. The maximum Gasteiger partial charge on any atom is 0.356 e. The minimum absolute atomic E-state index is 0.0478. The van der Waals surface area contributed by atoms with E-state index in [1.54, 1.807) is 6.07 Å². The summed E-state index contributed by atoms with van der Waals surface area (Å²) in [7, 11) is 0. The van der Waals surface area contributed by atoms with Crippen molar-refractivity contribution in [3.63, 3.8) is 0 Å². The maximum absolute atomic E-state index is 13.0. The third-order valence-electron chi connectivity index (χ3n) is 2.34. The Morgan fingerprint density at radius 2 is 2.11 bits per heavy atom. The fourth-order valence-electron chi connectivity index (χ4n) is 1.38. The van der Waals surface area contributed by atoms with Crippen molar-refractivity contribution in [3.05, 3.63) is 52.4 Å². The van der Waals surface area contributed by atoms with Gasteiger partial charge in [-0.3, -0.25) is 0 Å². The van der Waals surface area contributed by atoms with Gasteiger partial charge in [-0.2, -0.15) is 0 Å². The Bertz CT molecular complexity index is 604. The van der Waals surface area contributed by atoms with E-state index in [0.717, 1.165) is 5.56 Å². The summed E-state index contributed by atoms with van der Waals surface area (Å²) in [5.74, 6) is -1.19. The standard InChI is InChI=1S/C12H9ClFN3O2/c13-8-5-7(1-2-9(8)14)6-15-11-4-3-10(12(18)19)16-17-11/h1-5H,6H2,(H,15,17)(H,18,19). The molecule has 0 bridgehead atoms. The monoisotopic (exact) mass is 281 g/mol. The number of benzene rings is 1. The number of carbonyl (C=O) groups is 1. The van der Waals surface area contributed by atoms with E-state index in [4.69, 9.17) is 16.7 Å². The molecule has 5 nitrogen and oxygen atoms in total. The van der Waals surface area contributed by atoms with Crippen molar-refractivity contribution >= 4 is 23.4 Å². The highest BCUT2D eigenvalue weighted by Crippen LogP contribution is 2.16. The molecule has 19 heavy (non-hydrogen) atoms. The van der Waals surface area contributed by atoms with Gasteiger partial charge in [-0.25, -0.2) is 9.18 Å². The average molecular weight is 282 g/mol. The first-order chi connectivity index (χ1) is 9.06. The van der Waals surface area contributed by atoms with Crippen LogP contribution in [-0.2, 0) is 6.54 Å². The Labute approximate surface area is 113 Å². The third-order valence-corrected chi connectivity index (χ3v) is 2.63. The zero-order valence-electron chi connectivity index (χ0n) is 9.60. The zero-order valence-corrected chi connectivity index (χ0v) is 10.4. The second kappa shape index (κ2) is 5.62. The molecule has 2 aromatic rings. The molecule has 0 saturated heterocycles. The van der Waals surface area contributed by atoms with E-state index in [2.05, 4.69) is 15.5 Å². The van der Waals surface area contributed by atoms with Crippen molar-refractivity contribution in [3.8, 4) is 0 Å². The number of carboxylic acid groups (broad SMARTS) is 1. The first kappa shape index (κ1) is 13.2. The minimum Gasteiger partial charge on any atom is -0.476 e. The van der Waals surface area contributed by atoms with Crippen molar-refractivity contribution in [2.75, 3.05) is 5.32 Å². The van der Waals surface area contributed by atoms with Gasteiger partial charge in [0.1, 0.15) is 11.6 Å². The van der Waals surface area contributed by atoms with Gasteiger partial charge in [0.25, 0.3) is 0 Å². The fraction of sp³-hybridized carbons (Fsp3) is 0.0833. The number of halogens is 2. The van der Waals surface area contributed by atoms with Gasteiger partial charge in [0.15, 0.2) is 5.69 Å². The van der Waals surface area contributed by atoms with E-state index < -0.39 is 11.8 Å². The lowest BCUT2D eigenvalue weighted by Gasteiger charge is -2.05. The molecule has 0 fully saturated rings. The van der Waals surface area contributed by atoms with Crippen molar-refractivity contribution in [1.82, 2.24) is 10.2 Å². The molecular weight excluding hydrogens is 273 g/mol. The number of carboxylic acids is 1. The van der Waals surface area contributed by atoms with E-state index in [9.17, 15) is 9.18 Å². The molecule has 1 aromatic heterocycles. The lowest BCUT2D eigenvalue weighted by molar-refractivity contribution is 0.0689. The molecule has 0 spiro atoms. The van der Waals surface area contributed by atoms with E-state index in [0.29, 0.717) is 12.4 Å². The Morgan fingerprint density at radius 3 is 2.68 bits per heavy atom. The predicted octanol–water partition coefficient (Wildman–Crippen LogP) is 2.58. The van der Waals surface area contributed by atoms with Crippen molar-refractivity contribution < 1.29 is 14.3 Å². The van der Waals surface area contributed by atoms with Gasteiger partial charge in [-0.05, 0) is 29.8 Å². The zero-order chi connectivity index (χ0) is 13.8. The third kappa shape index (κ3) is 3.38. The second-order valence-electron chi connectivity index (χ2n) is 3.71. The maximum atomic E-state index is 13.0. The number of anilines is 1. The summed E-state index contributed by atoms with van der Waals surface area (Å²) in [6.45, 7) is 0.376. The molecule has 1 heterocycles. The van der Waals surface area contributed by atoms with Gasteiger partial charge in [0.2, 0.25) is 0 Å². The largest absolute Gasteiger partial charge is 0.476 e. The van der Waals surface area contributed by atoms with Crippen LogP contribution >= 0.6 is 11.6 Å². The van der Waals surface area contributed by atoms with Crippen LogP contribution in [-0.4, -0.2) is 21.3 Å². The van der Waals surface area contributed by atoms with Crippen LogP contribution in [0.2, 0.25) is 5.02 Å². The van der Waals surface area contributed by atoms with Crippen molar-refractivity contribution in [1.29, 1.82) is 0 Å². The van der Waals surface area contributed by atoms with Gasteiger partial charge in [0.05, 0.1) is 5.02 Å². The lowest BCUT2D eigenvalue weighted by atomic mass is 10.2. The number of aromatic carboxylic acids is 1. The van der Waals surface area contributed by atoms with Gasteiger partial charge in [0, 0.05) is 6.54 Å². The van der Waals surface area contributed by atoms with Crippen LogP contribution in [0.4, 0.5) is 10.2 Å². The molecule has 2 N–H and O–H groups in total. The summed E-state index contributed by atoms with van der Waals surface area (Å²) in [5, 5.41) is 18.9. The van der Waals surface area contributed by atoms with Gasteiger partial charge in [-0.1, -0.05) is 17.7 Å². The van der Waals surface area contributed by atoms with Crippen molar-refractivity contribution in [2.45, 2.75) is 6.54 Å². The van der Waals surface area contributed by atoms with E-state index in [1.165, 1.54) is 24.3 Å². The number of nitrogens with zero attached hydrogens (tertiary/aromatic N) is 2. The Hall–Kier alpha value is -2.21. The second-order valence-corrected chi connectivity index (χ2v) is 4.12. The van der Waals surface area contributed by atoms with Crippen LogP contribution in [0, 0.1) is 5.82 Å². The molecule has 0 amide bonds. The summed E-state index contributed by atoms with van der Waals surface area (Å²) in [6, 6.07) is 7.21. The predicted molar refractivity (Wildman–Crippen MR) is 67.7 cm³/mol. The quantitative estimate of drug-likeness (QED) is 0.901. The molecule has 0 aliphatic carbocycles. The van der Waals surface area contributed by atoms with Crippen LogP contribution in [0.1, 0.15) is 16.1 Å². The number of hydrogen-bond acceptors (Lipinski definition) is 4. The van der Waals surface area contributed by atoms with Gasteiger partial charge >= 0.3 is 5.97 Å². The number of rotatable bonds is 4. The van der Waals surface area contributed by atoms with Crippen LogP contribution < -0.4 is 5.32 Å². The summed E-state index contributed by atoms with van der Waals surface area (Å²) >= 11 is 5.66. The molecule has 2 rings (SSSR count). The normalized spacial score (nSPS) is 10.2. The van der Waals surface area contributed by atoms with E-state index in [-0.39, 0.29) is 10.7 Å². The molecule has 7 heteroatoms. The average Bonchev–Trinajstić information content (AvgIpc) is 2.40. The van der Waals surface area contributed by atoms with Gasteiger partial charge in [-0.15, -0.1) is 10.2 Å². The topological polar surface area (TPSA) is 75.1 Å². The lowest BCUT2D eigenvalue weighted by Crippen LogP contribution is -2.06.